The molecule has 0 radical (unpaired) electrons. The molecule has 0 bridgehead atoms. The Labute approximate surface area is 198 Å². The second kappa shape index (κ2) is 13.1. The fourth-order valence-electron chi connectivity index (χ4n) is 3.58. The van der Waals surface area contributed by atoms with E-state index in [1.807, 2.05) is 46.3 Å². The molecule has 0 unspecified atom stereocenters. The number of rotatable bonds is 5. The van der Waals surface area contributed by atoms with Crippen molar-refractivity contribution < 1.29 is 0 Å². The minimum Gasteiger partial charge on any atom is -0.385 e. The van der Waals surface area contributed by atoms with Crippen LogP contribution in [0, 0.1) is 6.92 Å². The number of benzene rings is 2. The van der Waals surface area contributed by atoms with E-state index in [2.05, 4.69) is 84.6 Å². The third kappa shape index (κ3) is 6.27. The maximum Gasteiger partial charge on any atom is 0.0746 e. The molecule has 0 saturated heterocycles. The summed E-state index contributed by atoms with van der Waals surface area (Å²) in [5.74, 6) is 0. The highest BCUT2D eigenvalue weighted by molar-refractivity contribution is 5.91. The molecule has 33 heavy (non-hydrogen) atoms. The minimum atomic E-state index is 0.926. The molecule has 0 saturated carbocycles. The molecule has 2 aromatic carbocycles. The molecule has 4 rings (SSSR count). The van der Waals surface area contributed by atoms with Gasteiger partial charge in [-0.3, -0.25) is 4.98 Å². The minimum absolute atomic E-state index is 0.926. The van der Waals surface area contributed by atoms with Gasteiger partial charge in [-0.1, -0.05) is 62.9 Å². The summed E-state index contributed by atoms with van der Waals surface area (Å²) in [6.07, 6.45) is 5.53. The van der Waals surface area contributed by atoms with Gasteiger partial charge in [-0.15, -0.1) is 0 Å². The van der Waals surface area contributed by atoms with Gasteiger partial charge in [0.25, 0.3) is 0 Å². The molecule has 4 heteroatoms. The first-order valence-electron chi connectivity index (χ1n) is 11.5. The number of aromatic nitrogens is 2. The normalized spacial score (nSPS) is 9.88. The number of hydrogen-bond donors (Lipinski definition) is 2. The highest BCUT2D eigenvalue weighted by atomic mass is 14.8. The lowest BCUT2D eigenvalue weighted by Gasteiger charge is -2.12. The van der Waals surface area contributed by atoms with Crippen LogP contribution in [-0.4, -0.2) is 30.6 Å². The first-order valence-corrected chi connectivity index (χ1v) is 11.5. The summed E-state index contributed by atoms with van der Waals surface area (Å²) >= 11 is 0. The predicted octanol–water partition coefficient (Wildman–Crippen LogP) is 7.21. The highest BCUT2D eigenvalue weighted by Gasteiger charge is 2.11. The van der Waals surface area contributed by atoms with Crippen molar-refractivity contribution >= 4 is 22.7 Å². The molecular weight excluding hydrogens is 404 g/mol. The maximum atomic E-state index is 4.89. The van der Waals surface area contributed by atoms with Crippen LogP contribution >= 0.6 is 0 Å². The van der Waals surface area contributed by atoms with E-state index in [1.165, 1.54) is 11.1 Å². The summed E-state index contributed by atoms with van der Waals surface area (Å²) in [4.78, 5) is 9.13. The molecule has 2 N–H and O–H groups in total. The summed E-state index contributed by atoms with van der Waals surface area (Å²) in [6.45, 7) is 13.1. The molecule has 2 heterocycles. The smallest absolute Gasteiger partial charge is 0.0746 e. The molecule has 4 aromatic rings. The van der Waals surface area contributed by atoms with Crippen LogP contribution < -0.4 is 10.6 Å². The van der Waals surface area contributed by atoms with Gasteiger partial charge in [-0.25, -0.2) is 4.98 Å². The van der Waals surface area contributed by atoms with Crippen LogP contribution in [0.15, 0.2) is 73.6 Å². The van der Waals surface area contributed by atoms with Crippen LogP contribution in [0.25, 0.3) is 39.4 Å². The Morgan fingerprint density at radius 3 is 1.97 bits per heavy atom. The van der Waals surface area contributed by atoms with Crippen LogP contribution in [0.5, 0.6) is 0 Å². The first kappa shape index (κ1) is 25.8. The number of fused-ring (bicyclic) bond motifs is 1. The fourth-order valence-corrected chi connectivity index (χ4v) is 3.58. The van der Waals surface area contributed by atoms with Gasteiger partial charge in [0.15, 0.2) is 0 Å². The quantitative estimate of drug-likeness (QED) is 0.344. The third-order valence-corrected chi connectivity index (χ3v) is 5.04. The maximum absolute atomic E-state index is 4.89. The monoisotopic (exact) mass is 440 g/mol. The van der Waals surface area contributed by atoms with Crippen molar-refractivity contribution in [1.82, 2.24) is 15.3 Å². The molecule has 0 spiro atoms. The third-order valence-electron chi connectivity index (χ3n) is 5.04. The molecule has 172 valence electrons. The van der Waals surface area contributed by atoms with E-state index < -0.39 is 0 Å². The molecular formula is C29H36N4. The Balaban J connectivity index is 0.000000714. The van der Waals surface area contributed by atoms with Crippen molar-refractivity contribution in [2.45, 2.75) is 27.7 Å². The summed E-state index contributed by atoms with van der Waals surface area (Å²) < 4.78 is 0. The Kier molecular flexibility index (Phi) is 10.3. The van der Waals surface area contributed by atoms with Gasteiger partial charge in [0, 0.05) is 35.6 Å². The molecule has 0 aliphatic carbocycles. The standard InChI is InChI=1S/C25H23N3.C2H7N.C2H6/c1-4-22-17(3)25(28-24-14-15-26-16-23(22)24)20-8-6-18(7-9-20)19-10-12-21(13-11-19)27-5-2;1-3-2;1-2/h4,6-16,27H,1,5H2,2-3H3;3H,1-2H3;1-2H3. The van der Waals surface area contributed by atoms with Gasteiger partial charge in [0.1, 0.15) is 0 Å². The van der Waals surface area contributed by atoms with E-state index in [4.69, 9.17) is 4.98 Å². The van der Waals surface area contributed by atoms with E-state index in [9.17, 15) is 0 Å². The Hall–Kier alpha value is -3.50. The zero-order valence-corrected chi connectivity index (χ0v) is 20.7. The van der Waals surface area contributed by atoms with Crippen molar-refractivity contribution in [3.63, 3.8) is 0 Å². The van der Waals surface area contributed by atoms with Gasteiger partial charge in [-0.05, 0) is 68.4 Å². The molecule has 2 aromatic heterocycles. The molecule has 0 fully saturated rings. The second-order valence-corrected chi connectivity index (χ2v) is 7.28. The van der Waals surface area contributed by atoms with Gasteiger partial charge in [-0.2, -0.15) is 0 Å². The lowest BCUT2D eigenvalue weighted by Crippen LogP contribution is -1.96. The number of nitrogens with zero attached hydrogens (tertiary/aromatic N) is 2. The van der Waals surface area contributed by atoms with E-state index in [0.717, 1.165) is 45.5 Å². The van der Waals surface area contributed by atoms with E-state index in [-0.39, 0.29) is 0 Å². The number of pyridine rings is 2. The molecule has 0 amide bonds. The summed E-state index contributed by atoms with van der Waals surface area (Å²) in [7, 11) is 3.75. The van der Waals surface area contributed by atoms with Gasteiger partial charge < -0.3 is 10.6 Å². The zero-order valence-electron chi connectivity index (χ0n) is 20.7. The highest BCUT2D eigenvalue weighted by Crippen LogP contribution is 2.31. The van der Waals surface area contributed by atoms with Gasteiger partial charge >= 0.3 is 0 Å². The van der Waals surface area contributed by atoms with Crippen LogP contribution in [0.3, 0.4) is 0 Å². The Morgan fingerprint density at radius 2 is 1.42 bits per heavy atom. The Bertz CT molecular complexity index is 1150. The lowest BCUT2D eigenvalue weighted by atomic mass is 9.97. The number of nitrogens with one attached hydrogen (secondary N) is 2. The molecule has 0 aliphatic rings. The van der Waals surface area contributed by atoms with Gasteiger partial charge in [0.05, 0.1) is 11.2 Å². The molecule has 0 aliphatic heterocycles. The summed E-state index contributed by atoms with van der Waals surface area (Å²) in [5.41, 5.74) is 8.79. The van der Waals surface area contributed by atoms with Crippen molar-refractivity contribution in [2.24, 2.45) is 0 Å². The van der Waals surface area contributed by atoms with Crippen molar-refractivity contribution in [3.05, 3.63) is 84.7 Å². The molecule has 0 atom stereocenters. The van der Waals surface area contributed by atoms with Crippen LogP contribution in [0.2, 0.25) is 0 Å². The van der Waals surface area contributed by atoms with Gasteiger partial charge in [0.2, 0.25) is 0 Å². The Morgan fingerprint density at radius 1 is 0.879 bits per heavy atom. The van der Waals surface area contributed by atoms with Crippen molar-refractivity contribution in [1.29, 1.82) is 0 Å². The number of anilines is 1. The summed E-state index contributed by atoms with van der Waals surface area (Å²) in [6, 6.07) is 19.1. The first-order chi connectivity index (χ1) is 16.1. The van der Waals surface area contributed by atoms with Crippen molar-refractivity contribution in [3.8, 4) is 22.4 Å². The van der Waals surface area contributed by atoms with E-state index in [0.29, 0.717) is 0 Å². The van der Waals surface area contributed by atoms with E-state index >= 15 is 0 Å². The van der Waals surface area contributed by atoms with Crippen LogP contribution in [0.4, 0.5) is 5.69 Å². The van der Waals surface area contributed by atoms with Crippen LogP contribution in [0.1, 0.15) is 31.9 Å². The number of hydrogen-bond acceptors (Lipinski definition) is 4. The summed E-state index contributed by atoms with van der Waals surface area (Å²) in [5, 5.41) is 7.12. The lowest BCUT2D eigenvalue weighted by molar-refractivity contribution is 1.02. The van der Waals surface area contributed by atoms with Crippen molar-refractivity contribution in [2.75, 3.05) is 26.0 Å². The molecule has 4 nitrogen and oxygen atoms in total. The average Bonchev–Trinajstić information content (AvgIpc) is 2.86. The zero-order chi connectivity index (χ0) is 24.2. The average molecular weight is 441 g/mol. The van der Waals surface area contributed by atoms with E-state index in [1.54, 1.807) is 6.20 Å². The fraction of sp³-hybridized carbons (Fsp3) is 0.241. The van der Waals surface area contributed by atoms with Crippen LogP contribution in [-0.2, 0) is 0 Å². The SMILES string of the molecule is C=Cc1c(C)c(-c2ccc(-c3ccc(NCC)cc3)cc2)nc2ccncc12.CC.CNC. The topological polar surface area (TPSA) is 49.8 Å². The second-order valence-electron chi connectivity index (χ2n) is 7.28. The predicted molar refractivity (Wildman–Crippen MR) is 146 cm³/mol. The largest absolute Gasteiger partial charge is 0.385 e.